The molecule has 2 heterocycles. The van der Waals surface area contributed by atoms with E-state index in [2.05, 4.69) is 10.3 Å². The fourth-order valence-electron chi connectivity index (χ4n) is 3.91. The highest BCUT2D eigenvalue weighted by Gasteiger charge is 2.35. The molecule has 1 saturated heterocycles. The van der Waals surface area contributed by atoms with E-state index in [-0.39, 0.29) is 36.6 Å². The summed E-state index contributed by atoms with van der Waals surface area (Å²) >= 11 is 0. The number of nitrogens with zero attached hydrogens (tertiary/aromatic N) is 2. The zero-order valence-electron chi connectivity index (χ0n) is 17.1. The fraction of sp³-hybridized carbons (Fsp3) is 0.304. The molecule has 0 saturated carbocycles. The van der Waals surface area contributed by atoms with E-state index in [0.717, 1.165) is 11.3 Å². The van der Waals surface area contributed by atoms with Crippen LogP contribution in [0.3, 0.4) is 0 Å². The maximum absolute atomic E-state index is 12.7. The van der Waals surface area contributed by atoms with Crippen LogP contribution in [0.25, 0.3) is 0 Å². The number of hydrogen-bond acceptors (Lipinski definition) is 4. The first-order valence-corrected chi connectivity index (χ1v) is 9.83. The lowest BCUT2D eigenvalue weighted by Crippen LogP contribution is -2.35. The molecule has 0 spiro atoms. The van der Waals surface area contributed by atoms with E-state index in [4.69, 9.17) is 4.74 Å². The van der Waals surface area contributed by atoms with Crippen molar-refractivity contribution in [1.29, 1.82) is 0 Å². The van der Waals surface area contributed by atoms with Crippen LogP contribution < -0.4 is 15.0 Å². The van der Waals surface area contributed by atoms with Gasteiger partial charge in [0.05, 0.1) is 18.7 Å². The Labute approximate surface area is 174 Å². The molecule has 0 radical (unpaired) electrons. The number of benzene rings is 1. The second-order valence-electron chi connectivity index (χ2n) is 7.68. The van der Waals surface area contributed by atoms with Crippen LogP contribution >= 0.6 is 0 Å². The Morgan fingerprint density at radius 1 is 1.27 bits per heavy atom. The average molecular weight is 405 g/mol. The van der Waals surface area contributed by atoms with Crippen LogP contribution in [0.15, 0.2) is 64.3 Å². The van der Waals surface area contributed by atoms with Gasteiger partial charge in [-0.1, -0.05) is 17.7 Å². The van der Waals surface area contributed by atoms with Gasteiger partial charge in [-0.05, 0) is 38.1 Å². The van der Waals surface area contributed by atoms with E-state index in [0.29, 0.717) is 22.7 Å². The molecular formula is C23H23N3O4. The van der Waals surface area contributed by atoms with E-state index < -0.39 is 5.92 Å². The number of fused-ring (bicyclic) bond motifs is 1. The molecule has 2 aliphatic heterocycles. The summed E-state index contributed by atoms with van der Waals surface area (Å²) < 4.78 is 5.22. The van der Waals surface area contributed by atoms with Gasteiger partial charge in [0.25, 0.3) is 11.8 Å². The molecule has 3 amide bonds. The van der Waals surface area contributed by atoms with Gasteiger partial charge in [-0.25, -0.2) is 4.99 Å². The number of aliphatic imine (C=N–C) groups is 1. The SMILES string of the molecule is COc1cccc(N2CC(C(=O)N=C3C=CC4C(=C3)NC(=O)C(C)=C4C)CC2=O)c1. The summed E-state index contributed by atoms with van der Waals surface area (Å²) in [7, 11) is 1.57. The lowest BCUT2D eigenvalue weighted by Gasteiger charge is -2.28. The molecule has 1 aliphatic carbocycles. The Balaban J connectivity index is 1.50. The van der Waals surface area contributed by atoms with Crippen LogP contribution in [0.2, 0.25) is 0 Å². The Kier molecular flexibility index (Phi) is 5.11. The van der Waals surface area contributed by atoms with Gasteiger partial charge in [0.15, 0.2) is 0 Å². The van der Waals surface area contributed by atoms with Crippen molar-refractivity contribution in [1.82, 2.24) is 5.32 Å². The van der Waals surface area contributed by atoms with Gasteiger partial charge in [-0.3, -0.25) is 14.4 Å². The maximum atomic E-state index is 12.7. The van der Waals surface area contributed by atoms with Crippen LogP contribution in [-0.2, 0) is 14.4 Å². The molecule has 4 rings (SSSR count). The molecule has 2 atom stereocenters. The number of allylic oxidation sites excluding steroid dienone is 3. The normalized spacial score (nSPS) is 24.7. The molecule has 154 valence electrons. The Bertz CT molecular complexity index is 1060. The zero-order chi connectivity index (χ0) is 21.4. The van der Waals surface area contributed by atoms with Crippen molar-refractivity contribution in [3.63, 3.8) is 0 Å². The summed E-state index contributed by atoms with van der Waals surface area (Å²) in [5.74, 6) is -0.451. The first-order chi connectivity index (χ1) is 14.4. The topological polar surface area (TPSA) is 88.1 Å². The lowest BCUT2D eigenvalue weighted by molar-refractivity contribution is -0.123. The molecule has 2 unspecified atom stereocenters. The number of rotatable bonds is 3. The fourth-order valence-corrected chi connectivity index (χ4v) is 3.91. The number of methoxy groups -OCH3 is 1. The number of ether oxygens (including phenoxy) is 1. The summed E-state index contributed by atoms with van der Waals surface area (Å²) in [6.07, 6.45) is 5.57. The largest absolute Gasteiger partial charge is 0.497 e. The summed E-state index contributed by atoms with van der Waals surface area (Å²) in [6.45, 7) is 4.01. The number of nitrogens with one attached hydrogen (secondary N) is 1. The molecule has 0 aromatic heterocycles. The highest BCUT2D eigenvalue weighted by Crippen LogP contribution is 2.31. The van der Waals surface area contributed by atoms with Crippen molar-refractivity contribution in [3.8, 4) is 5.75 Å². The van der Waals surface area contributed by atoms with Crippen molar-refractivity contribution in [3.05, 3.63) is 59.3 Å². The van der Waals surface area contributed by atoms with Crippen LogP contribution in [0.4, 0.5) is 5.69 Å². The third-order valence-electron chi connectivity index (χ3n) is 5.83. The highest BCUT2D eigenvalue weighted by atomic mass is 16.5. The van der Waals surface area contributed by atoms with E-state index in [1.807, 2.05) is 25.1 Å². The standard InChI is InChI=1S/C23H23N3O4/c1-13-14(2)22(28)25-20-10-16(7-8-19(13)20)24-23(29)15-9-21(27)26(12-15)17-5-4-6-18(11-17)30-3/h4-8,10-11,15,19H,9,12H2,1-3H3,(H,25,28). The quantitative estimate of drug-likeness (QED) is 0.837. The predicted molar refractivity (Wildman–Crippen MR) is 113 cm³/mol. The molecule has 30 heavy (non-hydrogen) atoms. The smallest absolute Gasteiger partial charge is 0.251 e. The van der Waals surface area contributed by atoms with Gasteiger partial charge in [0, 0.05) is 41.9 Å². The van der Waals surface area contributed by atoms with Crippen molar-refractivity contribution < 1.29 is 19.1 Å². The van der Waals surface area contributed by atoms with Gasteiger partial charge in [0.1, 0.15) is 5.75 Å². The predicted octanol–water partition coefficient (Wildman–Crippen LogP) is 2.55. The van der Waals surface area contributed by atoms with Crippen LogP contribution in [-0.4, -0.2) is 37.1 Å². The van der Waals surface area contributed by atoms with Gasteiger partial charge < -0.3 is 15.0 Å². The third kappa shape index (κ3) is 3.58. The summed E-state index contributed by atoms with van der Waals surface area (Å²) in [4.78, 5) is 43.1. The number of hydrogen-bond donors (Lipinski definition) is 1. The van der Waals surface area contributed by atoms with Gasteiger partial charge in [0.2, 0.25) is 5.91 Å². The molecular weight excluding hydrogens is 382 g/mol. The summed E-state index contributed by atoms with van der Waals surface area (Å²) in [6, 6.07) is 7.20. The lowest BCUT2D eigenvalue weighted by atomic mass is 9.85. The molecule has 1 aromatic rings. The monoisotopic (exact) mass is 405 g/mol. The van der Waals surface area contributed by atoms with E-state index in [1.165, 1.54) is 0 Å². The van der Waals surface area contributed by atoms with Crippen molar-refractivity contribution in [2.24, 2.45) is 16.8 Å². The molecule has 7 heteroatoms. The number of carbonyl (C=O) groups excluding carboxylic acids is 3. The maximum Gasteiger partial charge on any atom is 0.251 e. The molecule has 3 aliphatic rings. The zero-order valence-corrected chi connectivity index (χ0v) is 17.1. The first-order valence-electron chi connectivity index (χ1n) is 9.83. The Hall–Kier alpha value is -3.48. The molecule has 1 N–H and O–H groups in total. The molecule has 1 fully saturated rings. The second kappa shape index (κ2) is 7.74. The molecule has 0 bridgehead atoms. The Morgan fingerprint density at radius 3 is 2.83 bits per heavy atom. The van der Waals surface area contributed by atoms with E-state index in [1.54, 1.807) is 43.2 Å². The first kappa shape index (κ1) is 19.8. The highest BCUT2D eigenvalue weighted by molar-refractivity contribution is 6.12. The van der Waals surface area contributed by atoms with Crippen molar-refractivity contribution >= 4 is 29.1 Å². The van der Waals surface area contributed by atoms with Crippen LogP contribution in [0, 0.1) is 11.8 Å². The minimum Gasteiger partial charge on any atom is -0.497 e. The van der Waals surface area contributed by atoms with Crippen LogP contribution in [0.5, 0.6) is 5.75 Å². The van der Waals surface area contributed by atoms with Gasteiger partial charge in [-0.15, -0.1) is 0 Å². The van der Waals surface area contributed by atoms with Gasteiger partial charge >= 0.3 is 0 Å². The average Bonchev–Trinajstić information content (AvgIpc) is 3.14. The third-order valence-corrected chi connectivity index (χ3v) is 5.83. The van der Waals surface area contributed by atoms with E-state index >= 15 is 0 Å². The Morgan fingerprint density at radius 2 is 2.07 bits per heavy atom. The minimum absolute atomic E-state index is 0.00615. The summed E-state index contributed by atoms with van der Waals surface area (Å²) in [5, 5.41) is 2.86. The minimum atomic E-state index is -0.509. The number of amides is 3. The summed E-state index contributed by atoms with van der Waals surface area (Å²) in [5.41, 5.74) is 3.60. The van der Waals surface area contributed by atoms with Crippen LogP contribution in [0.1, 0.15) is 20.3 Å². The number of anilines is 1. The van der Waals surface area contributed by atoms with Crippen molar-refractivity contribution in [2.45, 2.75) is 20.3 Å². The van der Waals surface area contributed by atoms with Gasteiger partial charge in [-0.2, -0.15) is 0 Å². The molecule has 1 aromatic carbocycles. The second-order valence-corrected chi connectivity index (χ2v) is 7.68. The van der Waals surface area contributed by atoms with Crippen molar-refractivity contribution in [2.75, 3.05) is 18.6 Å². The van der Waals surface area contributed by atoms with E-state index in [9.17, 15) is 14.4 Å². The number of carbonyl (C=O) groups is 3. The molecule has 7 nitrogen and oxygen atoms in total.